The van der Waals surface area contributed by atoms with Crippen LogP contribution in [0.4, 0.5) is 0 Å². The fourth-order valence-electron chi connectivity index (χ4n) is 2.24. The lowest BCUT2D eigenvalue weighted by molar-refractivity contribution is 0.352. The van der Waals surface area contributed by atoms with Crippen molar-refractivity contribution >= 4 is 0 Å². The van der Waals surface area contributed by atoms with Gasteiger partial charge in [0.05, 0.1) is 0 Å². The number of hydrogen-bond acceptors (Lipinski definition) is 1. The van der Waals surface area contributed by atoms with Gasteiger partial charge in [0.25, 0.3) is 0 Å². The molecule has 1 aliphatic heterocycles. The van der Waals surface area contributed by atoms with Gasteiger partial charge in [-0.2, -0.15) is 0 Å². The summed E-state index contributed by atoms with van der Waals surface area (Å²) >= 11 is 0. The fourth-order valence-corrected chi connectivity index (χ4v) is 2.24. The van der Waals surface area contributed by atoms with Crippen LogP contribution in [0.2, 0.25) is 0 Å². The molecule has 14 heavy (non-hydrogen) atoms. The Labute approximate surface area is 86.7 Å². The van der Waals surface area contributed by atoms with E-state index in [1.807, 2.05) is 0 Å². The van der Waals surface area contributed by atoms with Crippen LogP contribution in [0, 0.1) is 13.8 Å². The first kappa shape index (κ1) is 9.72. The van der Waals surface area contributed by atoms with E-state index >= 15 is 0 Å². The van der Waals surface area contributed by atoms with E-state index in [1.165, 1.54) is 37.1 Å². The van der Waals surface area contributed by atoms with Crippen molar-refractivity contribution in [2.24, 2.45) is 0 Å². The van der Waals surface area contributed by atoms with Gasteiger partial charge in [-0.1, -0.05) is 12.1 Å². The Hall–Kier alpha value is -0.820. The van der Waals surface area contributed by atoms with Gasteiger partial charge in [-0.05, 0) is 56.0 Å². The summed E-state index contributed by atoms with van der Waals surface area (Å²) < 4.78 is 0. The molecule has 0 unspecified atom stereocenters. The first-order valence-corrected chi connectivity index (χ1v) is 5.45. The minimum atomic E-state index is 1.20. The standard InChI is InChI=1S/C13H19N/c1-10-4-5-12-6-8-14(3)9-7-13(12)11(10)2/h4-5H,6-9H2,1-3H3. The lowest BCUT2D eigenvalue weighted by atomic mass is 9.95. The number of likely N-dealkylation sites (N-methyl/N-ethyl adjacent to an activating group) is 1. The summed E-state index contributed by atoms with van der Waals surface area (Å²) in [5, 5.41) is 0. The SMILES string of the molecule is Cc1ccc2c(c1C)CCN(C)CC2. The highest BCUT2D eigenvalue weighted by Gasteiger charge is 2.13. The molecule has 76 valence electrons. The molecule has 0 saturated carbocycles. The lowest BCUT2D eigenvalue weighted by Crippen LogP contribution is -2.20. The van der Waals surface area contributed by atoms with Crippen molar-refractivity contribution in [1.29, 1.82) is 0 Å². The van der Waals surface area contributed by atoms with E-state index in [-0.39, 0.29) is 0 Å². The molecule has 0 N–H and O–H groups in total. The first-order chi connectivity index (χ1) is 6.68. The van der Waals surface area contributed by atoms with Gasteiger partial charge in [0.15, 0.2) is 0 Å². The lowest BCUT2D eigenvalue weighted by Gasteiger charge is -2.11. The van der Waals surface area contributed by atoms with E-state index in [1.54, 1.807) is 11.1 Å². The molecule has 0 aliphatic carbocycles. The number of hydrogen-bond donors (Lipinski definition) is 0. The van der Waals surface area contributed by atoms with Gasteiger partial charge in [0.2, 0.25) is 0 Å². The van der Waals surface area contributed by atoms with E-state index in [2.05, 4.69) is 37.9 Å². The normalized spacial score (nSPS) is 17.6. The van der Waals surface area contributed by atoms with Gasteiger partial charge in [0, 0.05) is 13.1 Å². The molecule has 0 fully saturated rings. The molecule has 0 atom stereocenters. The number of fused-ring (bicyclic) bond motifs is 1. The van der Waals surface area contributed by atoms with Crippen molar-refractivity contribution in [3.8, 4) is 0 Å². The predicted octanol–water partition coefficient (Wildman–Crippen LogP) is 2.33. The van der Waals surface area contributed by atoms with Gasteiger partial charge < -0.3 is 4.90 Å². The molecule has 1 aromatic rings. The predicted molar refractivity (Wildman–Crippen MR) is 60.8 cm³/mol. The molecule has 2 rings (SSSR count). The van der Waals surface area contributed by atoms with Gasteiger partial charge in [-0.15, -0.1) is 0 Å². The quantitative estimate of drug-likeness (QED) is 0.605. The maximum Gasteiger partial charge on any atom is 0.00191 e. The molecule has 0 radical (unpaired) electrons. The second-order valence-corrected chi connectivity index (χ2v) is 4.45. The molecule has 1 aromatic carbocycles. The van der Waals surface area contributed by atoms with Crippen LogP contribution in [0.5, 0.6) is 0 Å². The second kappa shape index (κ2) is 3.74. The molecule has 0 amide bonds. The van der Waals surface area contributed by atoms with Crippen LogP contribution in [0.15, 0.2) is 12.1 Å². The monoisotopic (exact) mass is 189 g/mol. The Bertz CT molecular complexity index is 341. The minimum absolute atomic E-state index is 1.20. The average molecular weight is 189 g/mol. The Morgan fingerprint density at radius 2 is 1.79 bits per heavy atom. The van der Waals surface area contributed by atoms with Crippen molar-refractivity contribution in [3.05, 3.63) is 34.4 Å². The highest BCUT2D eigenvalue weighted by Crippen LogP contribution is 2.21. The van der Waals surface area contributed by atoms with Crippen molar-refractivity contribution in [1.82, 2.24) is 4.90 Å². The van der Waals surface area contributed by atoms with E-state index in [0.29, 0.717) is 0 Å². The molecule has 1 nitrogen and oxygen atoms in total. The Morgan fingerprint density at radius 1 is 1.07 bits per heavy atom. The summed E-state index contributed by atoms with van der Waals surface area (Å²) in [4.78, 5) is 2.43. The zero-order chi connectivity index (χ0) is 10.1. The zero-order valence-electron chi connectivity index (χ0n) is 9.43. The summed E-state index contributed by atoms with van der Waals surface area (Å²) in [5.41, 5.74) is 6.12. The van der Waals surface area contributed by atoms with Crippen molar-refractivity contribution in [2.45, 2.75) is 26.7 Å². The van der Waals surface area contributed by atoms with Gasteiger partial charge in [0.1, 0.15) is 0 Å². The molecule has 1 heteroatoms. The molecule has 0 saturated heterocycles. The number of nitrogens with zero attached hydrogens (tertiary/aromatic N) is 1. The van der Waals surface area contributed by atoms with Gasteiger partial charge in [-0.25, -0.2) is 0 Å². The maximum absolute atomic E-state index is 2.43. The van der Waals surface area contributed by atoms with Crippen LogP contribution in [0.25, 0.3) is 0 Å². The number of aryl methyl sites for hydroxylation is 1. The van der Waals surface area contributed by atoms with Crippen LogP contribution >= 0.6 is 0 Å². The highest BCUT2D eigenvalue weighted by atomic mass is 15.1. The zero-order valence-corrected chi connectivity index (χ0v) is 9.43. The van der Waals surface area contributed by atoms with Crippen LogP contribution in [-0.2, 0) is 12.8 Å². The second-order valence-electron chi connectivity index (χ2n) is 4.45. The topological polar surface area (TPSA) is 3.24 Å². The third kappa shape index (κ3) is 1.69. The van der Waals surface area contributed by atoms with Crippen LogP contribution in [0.3, 0.4) is 0 Å². The van der Waals surface area contributed by atoms with Crippen LogP contribution < -0.4 is 0 Å². The summed E-state index contributed by atoms with van der Waals surface area (Å²) in [5.74, 6) is 0. The van der Waals surface area contributed by atoms with Gasteiger partial charge >= 0.3 is 0 Å². The third-order valence-corrected chi connectivity index (χ3v) is 3.47. The fraction of sp³-hybridized carbons (Fsp3) is 0.538. The molecule has 0 bridgehead atoms. The molecule has 0 aromatic heterocycles. The molecule has 1 heterocycles. The first-order valence-electron chi connectivity index (χ1n) is 5.45. The Balaban J connectivity index is 2.41. The van der Waals surface area contributed by atoms with E-state index in [0.717, 1.165) is 0 Å². The Morgan fingerprint density at radius 3 is 2.57 bits per heavy atom. The molecule has 1 aliphatic rings. The summed E-state index contributed by atoms with van der Waals surface area (Å²) in [6.45, 7) is 6.89. The highest BCUT2D eigenvalue weighted by molar-refractivity contribution is 5.40. The third-order valence-electron chi connectivity index (χ3n) is 3.47. The molecular formula is C13H19N. The summed E-state index contributed by atoms with van der Waals surface area (Å²) in [6.07, 6.45) is 2.44. The van der Waals surface area contributed by atoms with Crippen molar-refractivity contribution in [2.75, 3.05) is 20.1 Å². The van der Waals surface area contributed by atoms with Crippen LogP contribution in [-0.4, -0.2) is 25.0 Å². The number of benzene rings is 1. The maximum atomic E-state index is 2.43. The summed E-state index contributed by atoms with van der Waals surface area (Å²) in [6, 6.07) is 4.58. The van der Waals surface area contributed by atoms with Crippen molar-refractivity contribution < 1.29 is 0 Å². The van der Waals surface area contributed by atoms with Crippen molar-refractivity contribution in [3.63, 3.8) is 0 Å². The smallest absolute Gasteiger partial charge is 0.00191 e. The van der Waals surface area contributed by atoms with E-state index in [4.69, 9.17) is 0 Å². The molecular weight excluding hydrogens is 170 g/mol. The van der Waals surface area contributed by atoms with Crippen LogP contribution in [0.1, 0.15) is 22.3 Å². The number of rotatable bonds is 0. The summed E-state index contributed by atoms with van der Waals surface area (Å²) in [7, 11) is 2.22. The average Bonchev–Trinajstić information content (AvgIpc) is 2.35. The van der Waals surface area contributed by atoms with E-state index in [9.17, 15) is 0 Å². The molecule has 0 spiro atoms. The van der Waals surface area contributed by atoms with Gasteiger partial charge in [-0.3, -0.25) is 0 Å². The largest absolute Gasteiger partial charge is 0.306 e. The van der Waals surface area contributed by atoms with E-state index < -0.39 is 0 Å². The minimum Gasteiger partial charge on any atom is -0.306 e. The Kier molecular flexibility index (Phi) is 2.60.